The van der Waals surface area contributed by atoms with Gasteiger partial charge in [-0.3, -0.25) is 9.69 Å². The number of aromatic nitrogens is 1. The minimum Gasteiger partial charge on any atom is -0.495 e. The van der Waals surface area contributed by atoms with E-state index in [0.29, 0.717) is 41.0 Å². The summed E-state index contributed by atoms with van der Waals surface area (Å²) in [4.78, 5) is 21.7. The van der Waals surface area contributed by atoms with Gasteiger partial charge in [0.05, 0.1) is 20.8 Å². The summed E-state index contributed by atoms with van der Waals surface area (Å²) >= 11 is 1.41. The number of fused-ring (bicyclic) bond motifs is 1. The van der Waals surface area contributed by atoms with Gasteiger partial charge in [0.25, 0.3) is 5.91 Å². The smallest absolute Gasteiger partial charge is 0.266 e. The summed E-state index contributed by atoms with van der Waals surface area (Å²) in [6, 6.07) is 10.9. The number of carbonyl (C=O) groups is 1. The molecule has 0 spiro atoms. The number of hydrogen-bond acceptors (Lipinski definition) is 8. The number of anilines is 1. The lowest BCUT2D eigenvalue weighted by Crippen LogP contribution is -2.36. The second-order valence-corrected chi connectivity index (χ2v) is 8.52. The van der Waals surface area contributed by atoms with E-state index in [1.54, 1.807) is 31.3 Å². The second-order valence-electron chi connectivity index (χ2n) is 7.54. The van der Waals surface area contributed by atoms with Crippen LogP contribution in [0.3, 0.4) is 0 Å². The van der Waals surface area contributed by atoms with Crippen molar-refractivity contribution in [1.29, 1.82) is 0 Å². The second kappa shape index (κ2) is 13.2. The molecule has 0 aliphatic heterocycles. The van der Waals surface area contributed by atoms with E-state index in [9.17, 15) is 4.79 Å². The summed E-state index contributed by atoms with van der Waals surface area (Å²) in [5, 5.41) is 0.590. The summed E-state index contributed by atoms with van der Waals surface area (Å²) < 4.78 is 23.0. The predicted octanol–water partition coefficient (Wildman–Crippen LogP) is 4.50. The summed E-state index contributed by atoms with van der Waals surface area (Å²) in [6.07, 6.45) is 0.798. The van der Waals surface area contributed by atoms with Crippen LogP contribution in [0.4, 0.5) is 5.13 Å². The maximum Gasteiger partial charge on any atom is 0.266 e. The number of hydrogen-bond donors (Lipinski definition) is 0. The lowest BCUT2D eigenvalue weighted by atomic mass is 10.3. The number of benzene rings is 2. The molecule has 0 atom stereocenters. The molecule has 3 rings (SSSR count). The Morgan fingerprint density at radius 1 is 0.941 bits per heavy atom. The Morgan fingerprint density at radius 2 is 1.56 bits per heavy atom. The van der Waals surface area contributed by atoms with Crippen LogP contribution in [0.1, 0.15) is 13.3 Å². The van der Waals surface area contributed by atoms with E-state index in [1.165, 1.54) is 11.3 Å². The number of rotatable bonds is 12. The molecule has 0 aliphatic rings. The third kappa shape index (κ3) is 6.88. The van der Waals surface area contributed by atoms with E-state index >= 15 is 0 Å². The van der Waals surface area contributed by atoms with Crippen LogP contribution in [-0.4, -0.2) is 70.4 Å². The summed E-state index contributed by atoms with van der Waals surface area (Å²) in [5.41, 5.74) is 0.676. The zero-order chi connectivity index (χ0) is 23.8. The van der Waals surface area contributed by atoms with E-state index in [4.69, 9.17) is 23.9 Å². The number of ether oxygens (including phenoxy) is 4. The summed E-state index contributed by atoms with van der Waals surface area (Å²) in [5.74, 6) is 2.53. The lowest BCUT2D eigenvalue weighted by Gasteiger charge is -2.21. The first-order valence-electron chi connectivity index (χ1n) is 10.8. The van der Waals surface area contributed by atoms with Crippen molar-refractivity contribution in [3.05, 3.63) is 36.4 Å². The van der Waals surface area contributed by atoms with Crippen molar-refractivity contribution in [3.8, 4) is 23.0 Å². The number of methoxy groups -OCH3 is 2. The van der Waals surface area contributed by atoms with Gasteiger partial charge in [-0.15, -0.1) is 12.4 Å². The molecule has 0 fully saturated rings. The third-order valence-corrected chi connectivity index (χ3v) is 6.01. The Morgan fingerprint density at radius 3 is 2.15 bits per heavy atom. The monoisotopic (exact) mass is 509 g/mol. The van der Waals surface area contributed by atoms with Gasteiger partial charge in [0, 0.05) is 6.54 Å². The molecule has 0 bridgehead atoms. The van der Waals surface area contributed by atoms with E-state index in [2.05, 4.69) is 4.90 Å². The van der Waals surface area contributed by atoms with Crippen LogP contribution in [-0.2, 0) is 4.79 Å². The molecule has 186 valence electrons. The fourth-order valence-corrected chi connectivity index (χ4v) is 4.40. The first-order chi connectivity index (χ1) is 16.0. The number of nitrogens with zero attached hydrogens (tertiary/aromatic N) is 3. The molecule has 1 heterocycles. The Balaban J connectivity index is 0.00000408. The van der Waals surface area contributed by atoms with Crippen molar-refractivity contribution in [2.24, 2.45) is 0 Å². The maximum atomic E-state index is 13.2. The first kappa shape index (κ1) is 27.5. The highest BCUT2D eigenvalue weighted by molar-refractivity contribution is 7.22. The largest absolute Gasteiger partial charge is 0.495 e. The third-order valence-electron chi connectivity index (χ3n) is 4.92. The molecule has 34 heavy (non-hydrogen) atoms. The Kier molecular flexibility index (Phi) is 10.7. The highest BCUT2D eigenvalue weighted by atomic mass is 35.5. The Hall–Kier alpha value is -2.75. The molecular weight excluding hydrogens is 478 g/mol. The molecule has 3 aromatic rings. The average molecular weight is 510 g/mol. The van der Waals surface area contributed by atoms with Gasteiger partial charge in [-0.2, -0.15) is 0 Å². The zero-order valence-electron chi connectivity index (χ0n) is 20.2. The number of halogens is 1. The van der Waals surface area contributed by atoms with Crippen LogP contribution in [0.15, 0.2) is 36.4 Å². The van der Waals surface area contributed by atoms with Crippen LogP contribution < -0.4 is 23.8 Å². The van der Waals surface area contributed by atoms with E-state index in [-0.39, 0.29) is 24.9 Å². The minimum absolute atomic E-state index is 0. The van der Waals surface area contributed by atoms with Crippen LogP contribution in [0.25, 0.3) is 10.2 Å². The van der Waals surface area contributed by atoms with Crippen LogP contribution in [0.5, 0.6) is 23.0 Å². The van der Waals surface area contributed by atoms with Gasteiger partial charge in [-0.1, -0.05) is 11.3 Å². The van der Waals surface area contributed by atoms with Gasteiger partial charge in [0.1, 0.15) is 33.2 Å². The fraction of sp³-hybridized carbons (Fsp3) is 0.417. The number of carbonyl (C=O) groups excluding carboxylic acids is 1. The highest BCUT2D eigenvalue weighted by Crippen LogP contribution is 2.40. The van der Waals surface area contributed by atoms with Crippen LogP contribution >= 0.6 is 23.7 Å². The van der Waals surface area contributed by atoms with Crippen molar-refractivity contribution in [3.63, 3.8) is 0 Å². The molecule has 0 aliphatic carbocycles. The summed E-state index contributed by atoms with van der Waals surface area (Å²) in [7, 11) is 7.24. The van der Waals surface area contributed by atoms with E-state index in [1.807, 2.05) is 45.3 Å². The molecule has 0 unspecified atom stereocenters. The molecule has 0 saturated carbocycles. The van der Waals surface area contributed by atoms with Crippen molar-refractivity contribution < 1.29 is 23.7 Å². The van der Waals surface area contributed by atoms with Gasteiger partial charge < -0.3 is 23.8 Å². The van der Waals surface area contributed by atoms with Crippen molar-refractivity contribution >= 4 is 45.0 Å². The van der Waals surface area contributed by atoms with Gasteiger partial charge in [0.2, 0.25) is 0 Å². The van der Waals surface area contributed by atoms with Gasteiger partial charge in [-0.05, 0) is 70.4 Å². The summed E-state index contributed by atoms with van der Waals surface area (Å²) in [6.45, 7) is 3.80. The van der Waals surface area contributed by atoms with Crippen molar-refractivity contribution in [2.45, 2.75) is 13.3 Å². The molecule has 8 nitrogen and oxygen atoms in total. The number of thiazole rings is 1. The Bertz CT molecular complexity index is 1020. The SMILES string of the molecule is CCOc1ccc(OCC(=O)N(CCCN(C)C)c2nc3c(OC)ccc(OC)c3s2)cc1.Cl. The highest BCUT2D eigenvalue weighted by Gasteiger charge is 2.23. The molecule has 1 aromatic heterocycles. The van der Waals surface area contributed by atoms with Crippen molar-refractivity contribution in [2.75, 3.05) is 59.5 Å². The predicted molar refractivity (Wildman–Crippen MR) is 139 cm³/mol. The average Bonchev–Trinajstić information content (AvgIpc) is 3.25. The van der Waals surface area contributed by atoms with E-state index < -0.39 is 0 Å². The van der Waals surface area contributed by atoms with Gasteiger partial charge >= 0.3 is 0 Å². The molecule has 2 aromatic carbocycles. The lowest BCUT2D eigenvalue weighted by molar-refractivity contribution is -0.120. The quantitative estimate of drug-likeness (QED) is 0.356. The topological polar surface area (TPSA) is 73.4 Å². The molecule has 1 amide bonds. The maximum absolute atomic E-state index is 13.2. The Labute approximate surface area is 210 Å². The molecule has 10 heteroatoms. The normalized spacial score (nSPS) is 10.6. The van der Waals surface area contributed by atoms with Crippen molar-refractivity contribution in [1.82, 2.24) is 9.88 Å². The van der Waals surface area contributed by atoms with Gasteiger partial charge in [-0.25, -0.2) is 4.98 Å². The van der Waals surface area contributed by atoms with Gasteiger partial charge in [0.15, 0.2) is 11.7 Å². The molecule has 0 radical (unpaired) electrons. The minimum atomic E-state index is -0.167. The van der Waals surface area contributed by atoms with Crippen LogP contribution in [0.2, 0.25) is 0 Å². The van der Waals surface area contributed by atoms with Crippen LogP contribution in [0, 0.1) is 0 Å². The molecule has 0 saturated heterocycles. The fourth-order valence-electron chi connectivity index (χ4n) is 3.28. The molecule has 0 N–H and O–H groups in total. The zero-order valence-corrected chi connectivity index (χ0v) is 21.8. The first-order valence-corrected chi connectivity index (χ1v) is 11.6. The number of amides is 1. The molecular formula is C24H32ClN3O5S. The standard InChI is InChI=1S/C24H31N3O5S.ClH/c1-6-31-17-8-10-18(11-9-17)32-16-21(28)27(15-7-14-26(2)3)24-25-22-19(29-4)12-13-20(30-5)23(22)33-24;/h8-13H,6-7,14-16H2,1-5H3;1H. The van der Waals surface area contributed by atoms with E-state index in [0.717, 1.165) is 23.4 Å².